The van der Waals surface area contributed by atoms with Crippen LogP contribution in [0.3, 0.4) is 0 Å². The van der Waals surface area contributed by atoms with Crippen LogP contribution in [-0.4, -0.2) is 98.0 Å². The van der Waals surface area contributed by atoms with Crippen molar-refractivity contribution in [3.05, 3.63) is 0 Å². The SMILES string of the molecule is CCCCC(=O)NCC(=O)N(CC)CC(C)(C)COCC(C)(C)N(CC)C(=O)CCCC.CCCCN(C)C. The summed E-state index contributed by atoms with van der Waals surface area (Å²) in [5.74, 6) is 0.0189. The van der Waals surface area contributed by atoms with Crippen LogP contribution < -0.4 is 5.32 Å². The number of hydrogen-bond acceptors (Lipinski definition) is 5. The second-order valence-electron chi connectivity index (χ2n) is 12.2. The Morgan fingerprint density at radius 2 is 1.31 bits per heavy atom. The molecule has 0 spiro atoms. The Kier molecular flexibility index (Phi) is 22.3. The minimum Gasteiger partial charge on any atom is -0.378 e. The molecule has 0 bridgehead atoms. The Bertz CT molecular complexity index is 665. The lowest BCUT2D eigenvalue weighted by Crippen LogP contribution is -2.51. The van der Waals surface area contributed by atoms with Crippen LogP contribution in [0, 0.1) is 5.41 Å². The Morgan fingerprint density at radius 1 is 0.744 bits per heavy atom. The van der Waals surface area contributed by atoms with Gasteiger partial charge >= 0.3 is 0 Å². The number of nitrogens with zero attached hydrogens (tertiary/aromatic N) is 3. The molecule has 232 valence electrons. The van der Waals surface area contributed by atoms with Crippen LogP contribution in [-0.2, 0) is 19.1 Å². The largest absolute Gasteiger partial charge is 0.378 e. The predicted molar refractivity (Wildman–Crippen MR) is 164 cm³/mol. The Morgan fingerprint density at radius 3 is 1.77 bits per heavy atom. The minimum atomic E-state index is -0.390. The lowest BCUT2D eigenvalue weighted by Gasteiger charge is -2.39. The third-order valence-electron chi connectivity index (χ3n) is 6.55. The summed E-state index contributed by atoms with van der Waals surface area (Å²) >= 11 is 0. The molecule has 0 rings (SSSR count). The summed E-state index contributed by atoms with van der Waals surface area (Å²) in [5.41, 5.74) is -0.643. The Hall–Kier alpha value is -1.67. The fraction of sp³-hybridized carbons (Fsp3) is 0.903. The topological polar surface area (TPSA) is 82.2 Å². The Labute approximate surface area is 241 Å². The maximum Gasteiger partial charge on any atom is 0.241 e. The zero-order valence-electron chi connectivity index (χ0n) is 27.6. The summed E-state index contributed by atoms with van der Waals surface area (Å²) in [6, 6.07) is 0. The molecule has 0 saturated heterocycles. The molecule has 39 heavy (non-hydrogen) atoms. The Balaban J connectivity index is 0. The molecule has 8 nitrogen and oxygen atoms in total. The van der Waals surface area contributed by atoms with Gasteiger partial charge in [-0.15, -0.1) is 0 Å². The summed E-state index contributed by atoms with van der Waals surface area (Å²) in [7, 11) is 4.21. The van der Waals surface area contributed by atoms with Gasteiger partial charge in [-0.3, -0.25) is 14.4 Å². The first kappa shape index (κ1) is 39.5. The number of amides is 3. The molecular formula is C31H64N4O4. The zero-order chi connectivity index (χ0) is 30.5. The van der Waals surface area contributed by atoms with Gasteiger partial charge in [-0.25, -0.2) is 0 Å². The van der Waals surface area contributed by atoms with Gasteiger partial charge in [-0.05, 0) is 67.6 Å². The van der Waals surface area contributed by atoms with Crippen molar-refractivity contribution in [2.24, 2.45) is 5.41 Å². The van der Waals surface area contributed by atoms with E-state index in [1.165, 1.54) is 19.4 Å². The lowest BCUT2D eigenvalue weighted by molar-refractivity contribution is -0.140. The van der Waals surface area contributed by atoms with E-state index in [1.54, 1.807) is 4.90 Å². The van der Waals surface area contributed by atoms with Gasteiger partial charge in [0, 0.05) is 37.9 Å². The minimum absolute atomic E-state index is 0.0334. The van der Waals surface area contributed by atoms with Crippen molar-refractivity contribution in [3.63, 3.8) is 0 Å². The van der Waals surface area contributed by atoms with E-state index in [0.29, 0.717) is 45.7 Å². The predicted octanol–water partition coefficient (Wildman–Crippen LogP) is 5.35. The van der Waals surface area contributed by atoms with E-state index in [2.05, 4.69) is 52.0 Å². The maximum absolute atomic E-state index is 12.6. The van der Waals surface area contributed by atoms with Crippen molar-refractivity contribution < 1.29 is 19.1 Å². The van der Waals surface area contributed by atoms with Crippen LogP contribution in [0.25, 0.3) is 0 Å². The number of hydrogen-bond donors (Lipinski definition) is 1. The monoisotopic (exact) mass is 556 g/mol. The van der Waals surface area contributed by atoms with Crippen LogP contribution in [0.1, 0.15) is 114 Å². The van der Waals surface area contributed by atoms with Gasteiger partial charge in [0.05, 0.1) is 25.3 Å². The van der Waals surface area contributed by atoms with Crippen molar-refractivity contribution in [2.75, 3.05) is 60.0 Å². The summed E-state index contributed by atoms with van der Waals surface area (Å²) in [6.45, 7) is 22.5. The molecule has 1 N–H and O–H groups in total. The van der Waals surface area contributed by atoms with Gasteiger partial charge in [0.2, 0.25) is 17.7 Å². The van der Waals surface area contributed by atoms with Crippen LogP contribution >= 0.6 is 0 Å². The zero-order valence-corrected chi connectivity index (χ0v) is 27.6. The average molecular weight is 557 g/mol. The first-order valence-electron chi connectivity index (χ1n) is 15.3. The standard InChI is InChI=1S/C25H49N3O4.C6H15N/c1-9-13-15-21(29)26-17-23(31)27(11-3)18-24(5,6)19-32-20-25(7,8)28(12-4)22(30)16-14-10-2;1-4-5-6-7(2)3/h9-20H2,1-8H3,(H,26,29);4-6H2,1-3H3. The highest BCUT2D eigenvalue weighted by molar-refractivity contribution is 5.84. The number of likely N-dealkylation sites (N-methyl/N-ethyl adjacent to an activating group) is 2. The smallest absolute Gasteiger partial charge is 0.241 e. The fourth-order valence-corrected chi connectivity index (χ4v) is 4.18. The molecule has 0 heterocycles. The van der Waals surface area contributed by atoms with E-state index in [1.807, 2.05) is 39.5 Å². The van der Waals surface area contributed by atoms with Gasteiger partial charge in [0.1, 0.15) is 0 Å². The first-order chi connectivity index (χ1) is 18.2. The van der Waals surface area contributed by atoms with E-state index < -0.39 is 5.54 Å². The molecule has 3 amide bonds. The van der Waals surface area contributed by atoms with Crippen molar-refractivity contribution in [1.82, 2.24) is 20.0 Å². The summed E-state index contributed by atoms with van der Waals surface area (Å²) in [5, 5.41) is 2.73. The number of nitrogens with one attached hydrogen (secondary N) is 1. The number of unbranched alkanes of at least 4 members (excludes halogenated alkanes) is 3. The molecule has 0 aliphatic heterocycles. The maximum atomic E-state index is 12.6. The van der Waals surface area contributed by atoms with Crippen LogP contribution in [0.4, 0.5) is 0 Å². The molecular weight excluding hydrogens is 492 g/mol. The van der Waals surface area contributed by atoms with E-state index >= 15 is 0 Å². The third kappa shape index (κ3) is 19.9. The van der Waals surface area contributed by atoms with Crippen molar-refractivity contribution in [3.8, 4) is 0 Å². The van der Waals surface area contributed by atoms with E-state index in [0.717, 1.165) is 25.7 Å². The molecule has 0 unspecified atom stereocenters. The van der Waals surface area contributed by atoms with Gasteiger partial charge < -0.3 is 24.8 Å². The number of carbonyl (C=O) groups excluding carboxylic acids is 3. The molecule has 0 fully saturated rings. The fourth-order valence-electron chi connectivity index (χ4n) is 4.18. The van der Waals surface area contributed by atoms with Crippen molar-refractivity contribution in [2.45, 2.75) is 119 Å². The molecule has 0 aliphatic rings. The van der Waals surface area contributed by atoms with E-state index in [9.17, 15) is 14.4 Å². The number of ether oxygens (including phenoxy) is 1. The second kappa shape index (κ2) is 22.1. The highest BCUT2D eigenvalue weighted by Crippen LogP contribution is 2.21. The molecule has 0 aliphatic carbocycles. The lowest BCUT2D eigenvalue weighted by atomic mass is 9.93. The molecule has 0 aromatic rings. The first-order valence-corrected chi connectivity index (χ1v) is 15.3. The summed E-state index contributed by atoms with van der Waals surface area (Å²) < 4.78 is 6.07. The second-order valence-corrected chi connectivity index (χ2v) is 12.2. The number of rotatable bonds is 20. The molecule has 0 aromatic heterocycles. The molecule has 0 radical (unpaired) electrons. The molecule has 0 saturated carbocycles. The van der Waals surface area contributed by atoms with E-state index in [4.69, 9.17) is 4.74 Å². The van der Waals surface area contributed by atoms with E-state index in [-0.39, 0.29) is 29.7 Å². The van der Waals surface area contributed by atoms with Crippen molar-refractivity contribution in [1.29, 1.82) is 0 Å². The van der Waals surface area contributed by atoms with Gasteiger partial charge in [0.25, 0.3) is 0 Å². The van der Waals surface area contributed by atoms with Crippen LogP contribution in [0.15, 0.2) is 0 Å². The normalized spacial score (nSPS) is 11.6. The van der Waals surface area contributed by atoms with Crippen molar-refractivity contribution >= 4 is 17.7 Å². The summed E-state index contributed by atoms with van der Waals surface area (Å²) in [6.07, 6.45) is 7.35. The van der Waals surface area contributed by atoms with Gasteiger partial charge in [-0.1, -0.05) is 53.9 Å². The van der Waals surface area contributed by atoms with Gasteiger partial charge in [0.15, 0.2) is 0 Å². The average Bonchev–Trinajstić information content (AvgIpc) is 2.86. The highest BCUT2D eigenvalue weighted by atomic mass is 16.5. The third-order valence-corrected chi connectivity index (χ3v) is 6.55. The van der Waals surface area contributed by atoms with Gasteiger partial charge in [-0.2, -0.15) is 0 Å². The quantitative estimate of drug-likeness (QED) is 0.219. The number of carbonyl (C=O) groups is 3. The summed E-state index contributed by atoms with van der Waals surface area (Å²) in [4.78, 5) is 42.8. The van der Waals surface area contributed by atoms with Crippen LogP contribution in [0.2, 0.25) is 0 Å². The molecule has 8 heteroatoms. The van der Waals surface area contributed by atoms with Crippen LogP contribution in [0.5, 0.6) is 0 Å². The molecule has 0 aromatic carbocycles. The highest BCUT2D eigenvalue weighted by Gasteiger charge is 2.31. The molecule has 0 atom stereocenters.